The smallest absolute Gasteiger partial charge is 0.335 e. The molecule has 0 atom stereocenters. The Hall–Kier alpha value is -4.42. The molecule has 0 spiro atoms. The number of rotatable bonds is 3. The Morgan fingerprint density at radius 1 is 0.971 bits per heavy atom. The van der Waals surface area contributed by atoms with Gasteiger partial charge < -0.3 is 19.9 Å². The standard InChI is InChI=1S/C28H20N2O3.H2O/c31-28(32)20-9-10-27-24(13-20)23(22-8-4-3-7-21(22)16-33-27)11-12-30-17-29-25-14-18-5-1-2-6-19(18)15-26(25)30;/h1-11,13-15,17H,12,16H2,(H,31,32);1H2/b23-11+;. The van der Waals surface area contributed by atoms with Gasteiger partial charge in [-0.1, -0.05) is 54.6 Å². The van der Waals surface area contributed by atoms with Gasteiger partial charge in [-0.05, 0) is 57.8 Å². The number of ether oxygens (including phenoxy) is 1. The van der Waals surface area contributed by atoms with Crippen LogP contribution in [0.5, 0.6) is 5.75 Å². The van der Waals surface area contributed by atoms with Gasteiger partial charge in [0.15, 0.2) is 0 Å². The molecule has 0 fully saturated rings. The van der Waals surface area contributed by atoms with Crippen LogP contribution in [0.25, 0.3) is 27.4 Å². The second-order valence-corrected chi connectivity index (χ2v) is 8.16. The van der Waals surface area contributed by atoms with E-state index >= 15 is 0 Å². The Labute approximate surface area is 195 Å². The molecule has 6 heteroatoms. The van der Waals surface area contributed by atoms with Gasteiger partial charge in [0.2, 0.25) is 0 Å². The average molecular weight is 450 g/mol. The summed E-state index contributed by atoms with van der Waals surface area (Å²) in [7, 11) is 0. The van der Waals surface area contributed by atoms with E-state index < -0.39 is 5.97 Å². The van der Waals surface area contributed by atoms with Gasteiger partial charge in [-0.15, -0.1) is 0 Å². The van der Waals surface area contributed by atoms with E-state index in [1.165, 1.54) is 10.8 Å². The second-order valence-electron chi connectivity index (χ2n) is 8.16. The number of hydrogen-bond acceptors (Lipinski definition) is 3. The fourth-order valence-corrected chi connectivity index (χ4v) is 4.51. The number of benzene rings is 4. The highest BCUT2D eigenvalue weighted by atomic mass is 16.5. The molecule has 0 saturated heterocycles. The quantitative estimate of drug-likeness (QED) is 0.414. The van der Waals surface area contributed by atoms with Crippen molar-refractivity contribution in [3.8, 4) is 5.75 Å². The Balaban J connectivity index is 0.00000241. The van der Waals surface area contributed by atoms with E-state index in [0.717, 1.165) is 33.3 Å². The van der Waals surface area contributed by atoms with Crippen LogP contribution in [0.3, 0.4) is 0 Å². The molecule has 2 heterocycles. The molecule has 6 nitrogen and oxygen atoms in total. The summed E-state index contributed by atoms with van der Waals surface area (Å²) in [6, 6.07) is 25.7. The van der Waals surface area contributed by atoms with E-state index in [0.29, 0.717) is 18.9 Å². The fraction of sp³-hybridized carbons (Fsp3) is 0.0714. The lowest BCUT2D eigenvalue weighted by atomic mass is 9.93. The Morgan fingerprint density at radius 2 is 1.74 bits per heavy atom. The number of imidazole rings is 1. The molecular formula is C28H22N2O4. The maximum atomic E-state index is 11.7. The van der Waals surface area contributed by atoms with Crippen LogP contribution in [-0.4, -0.2) is 26.1 Å². The van der Waals surface area contributed by atoms with Crippen molar-refractivity contribution in [3.05, 3.63) is 114 Å². The third-order valence-electron chi connectivity index (χ3n) is 6.19. The number of carboxylic acid groups (broad SMARTS) is 1. The monoisotopic (exact) mass is 450 g/mol. The van der Waals surface area contributed by atoms with Crippen molar-refractivity contribution in [2.75, 3.05) is 0 Å². The lowest BCUT2D eigenvalue weighted by Gasteiger charge is -2.12. The van der Waals surface area contributed by atoms with Crippen molar-refractivity contribution in [2.24, 2.45) is 0 Å². The van der Waals surface area contributed by atoms with Crippen molar-refractivity contribution in [3.63, 3.8) is 0 Å². The summed E-state index contributed by atoms with van der Waals surface area (Å²) in [5.41, 5.74) is 6.11. The van der Waals surface area contributed by atoms with Gasteiger partial charge in [0.05, 0.1) is 22.9 Å². The van der Waals surface area contributed by atoms with Gasteiger partial charge in [0.1, 0.15) is 12.4 Å². The third-order valence-corrected chi connectivity index (χ3v) is 6.19. The maximum Gasteiger partial charge on any atom is 0.335 e. The lowest BCUT2D eigenvalue weighted by Crippen LogP contribution is -2.00. The SMILES string of the molecule is O.O=C(O)c1ccc2c(c1)/C(=C/Cn1cnc3cc4ccccc4cc31)c1ccccc1CO2. The van der Waals surface area contributed by atoms with Crippen LogP contribution >= 0.6 is 0 Å². The molecule has 4 aromatic carbocycles. The molecule has 0 unspecified atom stereocenters. The minimum Gasteiger partial charge on any atom is -0.488 e. The third kappa shape index (κ3) is 3.60. The van der Waals surface area contributed by atoms with Gasteiger partial charge in [-0.2, -0.15) is 0 Å². The minimum atomic E-state index is -0.956. The van der Waals surface area contributed by atoms with Crippen molar-refractivity contribution < 1.29 is 20.1 Å². The summed E-state index contributed by atoms with van der Waals surface area (Å²) in [6.45, 7) is 1.03. The van der Waals surface area contributed by atoms with E-state index in [1.807, 2.05) is 36.7 Å². The predicted octanol–water partition coefficient (Wildman–Crippen LogP) is 5.09. The van der Waals surface area contributed by atoms with Crippen LogP contribution in [-0.2, 0) is 13.2 Å². The highest BCUT2D eigenvalue weighted by Gasteiger charge is 2.20. The molecule has 168 valence electrons. The number of carbonyl (C=O) groups is 1. The molecule has 0 bridgehead atoms. The van der Waals surface area contributed by atoms with E-state index in [9.17, 15) is 9.90 Å². The van der Waals surface area contributed by atoms with Crippen LogP contribution in [0.1, 0.15) is 27.0 Å². The van der Waals surface area contributed by atoms with E-state index in [2.05, 4.69) is 46.0 Å². The first-order valence-corrected chi connectivity index (χ1v) is 10.8. The highest BCUT2D eigenvalue weighted by molar-refractivity contribution is 5.95. The van der Waals surface area contributed by atoms with Crippen LogP contribution in [0, 0.1) is 0 Å². The summed E-state index contributed by atoms with van der Waals surface area (Å²) in [5, 5.41) is 11.9. The molecule has 1 aromatic heterocycles. The number of fused-ring (bicyclic) bond motifs is 4. The summed E-state index contributed by atoms with van der Waals surface area (Å²) < 4.78 is 8.16. The highest BCUT2D eigenvalue weighted by Crippen LogP contribution is 2.37. The van der Waals surface area contributed by atoms with Crippen LogP contribution in [0.2, 0.25) is 0 Å². The first kappa shape index (κ1) is 21.4. The summed E-state index contributed by atoms with van der Waals surface area (Å²) >= 11 is 0. The zero-order valence-electron chi connectivity index (χ0n) is 18.2. The van der Waals surface area contributed by atoms with Crippen molar-refractivity contribution >= 4 is 33.3 Å². The second kappa shape index (κ2) is 8.50. The number of aromatic nitrogens is 2. The van der Waals surface area contributed by atoms with Gasteiger partial charge in [0.25, 0.3) is 0 Å². The number of carboxylic acids is 1. The first-order valence-electron chi connectivity index (χ1n) is 10.8. The molecular weight excluding hydrogens is 428 g/mol. The predicted molar refractivity (Wildman–Crippen MR) is 132 cm³/mol. The topological polar surface area (TPSA) is 95.8 Å². The zero-order valence-corrected chi connectivity index (χ0v) is 18.2. The molecule has 1 aliphatic rings. The molecule has 6 rings (SSSR count). The summed E-state index contributed by atoms with van der Waals surface area (Å²) in [5.74, 6) is -0.272. The normalized spacial score (nSPS) is 13.6. The van der Waals surface area contributed by atoms with Gasteiger partial charge in [-0.3, -0.25) is 0 Å². The first-order chi connectivity index (χ1) is 16.2. The molecule has 0 aliphatic carbocycles. The van der Waals surface area contributed by atoms with E-state index in [1.54, 1.807) is 18.2 Å². The molecule has 0 amide bonds. The minimum absolute atomic E-state index is 0. The zero-order chi connectivity index (χ0) is 22.4. The maximum absolute atomic E-state index is 11.7. The number of hydrogen-bond donors (Lipinski definition) is 1. The van der Waals surface area contributed by atoms with E-state index in [-0.39, 0.29) is 11.0 Å². The van der Waals surface area contributed by atoms with Crippen LogP contribution in [0.4, 0.5) is 0 Å². The molecule has 5 aromatic rings. The summed E-state index contributed by atoms with van der Waals surface area (Å²) in [6.07, 6.45) is 3.99. The molecule has 34 heavy (non-hydrogen) atoms. The Bertz CT molecular complexity index is 1580. The Morgan fingerprint density at radius 3 is 2.56 bits per heavy atom. The largest absolute Gasteiger partial charge is 0.488 e. The number of aromatic carboxylic acids is 1. The lowest BCUT2D eigenvalue weighted by molar-refractivity contribution is 0.0697. The van der Waals surface area contributed by atoms with Crippen LogP contribution in [0.15, 0.2) is 91.3 Å². The van der Waals surface area contributed by atoms with Crippen molar-refractivity contribution in [2.45, 2.75) is 13.2 Å². The fourth-order valence-electron chi connectivity index (χ4n) is 4.51. The molecule has 0 radical (unpaired) electrons. The van der Waals surface area contributed by atoms with Gasteiger partial charge in [0, 0.05) is 12.1 Å². The molecule has 1 aliphatic heterocycles. The molecule has 3 N–H and O–H groups in total. The Kier molecular flexibility index (Phi) is 5.36. The molecule has 0 saturated carbocycles. The average Bonchev–Trinajstić information content (AvgIpc) is 3.16. The summed E-state index contributed by atoms with van der Waals surface area (Å²) in [4.78, 5) is 16.3. The van der Waals surface area contributed by atoms with Crippen molar-refractivity contribution in [1.29, 1.82) is 0 Å². The van der Waals surface area contributed by atoms with Crippen molar-refractivity contribution in [1.82, 2.24) is 9.55 Å². The number of allylic oxidation sites excluding steroid dienone is 1. The van der Waals surface area contributed by atoms with E-state index in [4.69, 9.17) is 4.74 Å². The van der Waals surface area contributed by atoms with Gasteiger partial charge in [-0.25, -0.2) is 9.78 Å². The van der Waals surface area contributed by atoms with Gasteiger partial charge >= 0.3 is 5.97 Å². The number of nitrogens with zero attached hydrogens (tertiary/aromatic N) is 2. The van der Waals surface area contributed by atoms with Crippen LogP contribution < -0.4 is 4.74 Å².